The highest BCUT2D eigenvalue weighted by Crippen LogP contribution is 2.27. The van der Waals surface area contributed by atoms with Crippen LogP contribution >= 0.6 is 11.6 Å². The van der Waals surface area contributed by atoms with E-state index in [0.29, 0.717) is 5.02 Å². The molecule has 2 heterocycles. The predicted octanol–water partition coefficient (Wildman–Crippen LogP) is 3.02. The first-order valence-corrected chi connectivity index (χ1v) is 8.38. The zero-order valence-corrected chi connectivity index (χ0v) is 14.2. The highest BCUT2D eigenvalue weighted by Gasteiger charge is 2.24. The molecular weight excluding hydrogens is 312 g/mol. The molecule has 3 rings (SSSR count). The Hall–Kier alpha value is -1.88. The van der Waals surface area contributed by atoms with Gasteiger partial charge in [-0.15, -0.1) is 0 Å². The maximum absolute atomic E-state index is 11.9. The minimum atomic E-state index is 0.00685. The Bertz CT molecular complexity index is 719. The van der Waals surface area contributed by atoms with E-state index in [9.17, 15) is 4.79 Å². The molecule has 5 nitrogen and oxygen atoms in total. The van der Waals surface area contributed by atoms with E-state index in [1.165, 1.54) is 0 Å². The van der Waals surface area contributed by atoms with E-state index in [4.69, 9.17) is 11.6 Å². The summed E-state index contributed by atoms with van der Waals surface area (Å²) >= 11 is 6.05. The third-order valence-corrected chi connectivity index (χ3v) is 4.40. The summed E-state index contributed by atoms with van der Waals surface area (Å²) in [6.45, 7) is 5.53. The Labute approximate surface area is 141 Å². The monoisotopic (exact) mass is 332 g/mol. The third-order valence-electron chi connectivity index (χ3n) is 4.17. The van der Waals surface area contributed by atoms with Gasteiger partial charge in [0.25, 0.3) is 0 Å². The second-order valence-electron chi connectivity index (χ2n) is 6.31. The summed E-state index contributed by atoms with van der Waals surface area (Å²) in [5.74, 6) is 1.03. The highest BCUT2D eigenvalue weighted by molar-refractivity contribution is 6.31. The Morgan fingerprint density at radius 1 is 1.39 bits per heavy atom. The van der Waals surface area contributed by atoms with Gasteiger partial charge >= 0.3 is 0 Å². The van der Waals surface area contributed by atoms with Crippen LogP contribution < -0.4 is 10.2 Å². The van der Waals surface area contributed by atoms with Crippen LogP contribution in [0.3, 0.4) is 0 Å². The Balaban J connectivity index is 1.83. The van der Waals surface area contributed by atoms with Gasteiger partial charge in [-0.1, -0.05) is 25.4 Å². The quantitative estimate of drug-likeness (QED) is 0.938. The topological polar surface area (TPSA) is 58.1 Å². The number of nitrogens with one attached hydrogen (secondary N) is 1. The summed E-state index contributed by atoms with van der Waals surface area (Å²) in [6, 6.07) is 5.84. The maximum Gasteiger partial charge on any atom is 0.222 e. The van der Waals surface area contributed by atoms with E-state index in [2.05, 4.69) is 20.2 Å². The van der Waals surface area contributed by atoms with Crippen LogP contribution in [-0.2, 0) is 4.79 Å². The number of halogens is 1. The first-order chi connectivity index (χ1) is 11.0. The molecule has 0 radical (unpaired) electrons. The number of aromatic nitrogens is 2. The number of amides is 1. The molecule has 1 unspecified atom stereocenters. The van der Waals surface area contributed by atoms with Crippen molar-refractivity contribution in [2.45, 2.75) is 32.7 Å². The molecule has 1 saturated heterocycles. The van der Waals surface area contributed by atoms with Crippen molar-refractivity contribution in [3.05, 3.63) is 29.5 Å². The fraction of sp³-hybridized carbons (Fsp3) is 0.471. The minimum Gasteiger partial charge on any atom is -0.354 e. The molecule has 1 aliphatic heterocycles. The zero-order chi connectivity index (χ0) is 16.4. The number of benzene rings is 1. The molecule has 0 saturated carbocycles. The molecule has 1 aromatic carbocycles. The lowest BCUT2D eigenvalue weighted by Gasteiger charge is -2.34. The molecule has 0 bridgehead atoms. The second-order valence-corrected chi connectivity index (χ2v) is 6.74. The van der Waals surface area contributed by atoms with Crippen LogP contribution in [0.15, 0.2) is 24.5 Å². The molecular formula is C17H21ClN4O. The fourth-order valence-corrected chi connectivity index (χ4v) is 3.09. The van der Waals surface area contributed by atoms with Gasteiger partial charge in [-0.3, -0.25) is 4.79 Å². The van der Waals surface area contributed by atoms with Gasteiger partial charge in [0, 0.05) is 35.5 Å². The molecule has 6 heteroatoms. The van der Waals surface area contributed by atoms with Crippen molar-refractivity contribution in [1.29, 1.82) is 0 Å². The van der Waals surface area contributed by atoms with Gasteiger partial charge in [0.1, 0.15) is 12.1 Å². The summed E-state index contributed by atoms with van der Waals surface area (Å²) in [5.41, 5.74) is 0.843. The van der Waals surface area contributed by atoms with Crippen LogP contribution in [0, 0.1) is 5.92 Å². The van der Waals surface area contributed by atoms with Gasteiger partial charge < -0.3 is 10.2 Å². The molecule has 0 aliphatic carbocycles. The maximum atomic E-state index is 11.9. The van der Waals surface area contributed by atoms with Crippen LogP contribution in [0.25, 0.3) is 10.9 Å². The summed E-state index contributed by atoms with van der Waals surface area (Å²) in [5, 5.41) is 4.79. The van der Waals surface area contributed by atoms with Crippen molar-refractivity contribution >= 4 is 34.2 Å². The lowest BCUT2D eigenvalue weighted by atomic mass is 10.0. The van der Waals surface area contributed by atoms with E-state index in [1.807, 2.05) is 32.0 Å². The fourth-order valence-electron chi connectivity index (χ4n) is 2.92. The van der Waals surface area contributed by atoms with E-state index in [1.54, 1.807) is 6.33 Å². The van der Waals surface area contributed by atoms with E-state index in [0.717, 1.165) is 42.7 Å². The first kappa shape index (κ1) is 16.0. The van der Waals surface area contributed by atoms with Gasteiger partial charge in [-0.05, 0) is 31.0 Å². The van der Waals surface area contributed by atoms with Crippen molar-refractivity contribution < 1.29 is 4.79 Å². The summed E-state index contributed by atoms with van der Waals surface area (Å²) in [4.78, 5) is 22.9. The summed E-state index contributed by atoms with van der Waals surface area (Å²) in [7, 11) is 0. The smallest absolute Gasteiger partial charge is 0.222 e. The Morgan fingerprint density at radius 2 is 2.22 bits per heavy atom. The van der Waals surface area contributed by atoms with Gasteiger partial charge in [-0.2, -0.15) is 0 Å². The molecule has 1 aromatic heterocycles. The SMILES string of the molecule is CC(C)C(=O)NC1CCCN(c2ncnc3cc(Cl)ccc23)C1. The molecule has 1 N–H and O–H groups in total. The molecule has 1 amide bonds. The summed E-state index contributed by atoms with van der Waals surface area (Å²) < 4.78 is 0. The van der Waals surface area contributed by atoms with Crippen LogP contribution in [0.5, 0.6) is 0 Å². The zero-order valence-electron chi connectivity index (χ0n) is 13.4. The molecule has 1 fully saturated rings. The molecule has 23 heavy (non-hydrogen) atoms. The summed E-state index contributed by atoms with van der Waals surface area (Å²) in [6.07, 6.45) is 3.61. The molecule has 2 aromatic rings. The van der Waals surface area contributed by atoms with Gasteiger partial charge in [-0.25, -0.2) is 9.97 Å². The van der Waals surface area contributed by atoms with E-state index >= 15 is 0 Å². The molecule has 1 atom stereocenters. The normalized spacial score (nSPS) is 18.4. The Kier molecular flexibility index (Phi) is 4.66. The van der Waals surface area contributed by atoms with Crippen LogP contribution in [0.1, 0.15) is 26.7 Å². The van der Waals surface area contributed by atoms with Crippen molar-refractivity contribution in [1.82, 2.24) is 15.3 Å². The average molecular weight is 333 g/mol. The number of rotatable bonds is 3. The molecule has 0 spiro atoms. The van der Waals surface area contributed by atoms with Crippen LogP contribution in [0.4, 0.5) is 5.82 Å². The lowest BCUT2D eigenvalue weighted by molar-refractivity contribution is -0.124. The van der Waals surface area contributed by atoms with Crippen molar-refractivity contribution in [3.8, 4) is 0 Å². The molecule has 122 valence electrons. The number of piperidine rings is 1. The van der Waals surface area contributed by atoms with Crippen molar-refractivity contribution in [2.24, 2.45) is 5.92 Å². The number of carbonyl (C=O) groups is 1. The largest absolute Gasteiger partial charge is 0.354 e. The minimum absolute atomic E-state index is 0.00685. The number of hydrogen-bond acceptors (Lipinski definition) is 4. The van der Waals surface area contributed by atoms with E-state index in [-0.39, 0.29) is 17.9 Å². The number of anilines is 1. The molecule has 1 aliphatic rings. The number of carbonyl (C=O) groups excluding carboxylic acids is 1. The van der Waals surface area contributed by atoms with Crippen molar-refractivity contribution in [2.75, 3.05) is 18.0 Å². The van der Waals surface area contributed by atoms with Gasteiger partial charge in [0.15, 0.2) is 0 Å². The lowest BCUT2D eigenvalue weighted by Crippen LogP contribution is -2.49. The number of hydrogen-bond donors (Lipinski definition) is 1. The standard InChI is InChI=1S/C17H21ClN4O/c1-11(2)17(23)21-13-4-3-7-22(9-13)16-14-6-5-12(18)8-15(14)19-10-20-16/h5-6,8,10-11,13H,3-4,7,9H2,1-2H3,(H,21,23). The highest BCUT2D eigenvalue weighted by atomic mass is 35.5. The first-order valence-electron chi connectivity index (χ1n) is 8.00. The Morgan fingerprint density at radius 3 is 3.00 bits per heavy atom. The second kappa shape index (κ2) is 6.71. The van der Waals surface area contributed by atoms with Gasteiger partial charge in [0.05, 0.1) is 5.52 Å². The predicted molar refractivity (Wildman–Crippen MR) is 92.8 cm³/mol. The number of nitrogens with zero attached hydrogens (tertiary/aromatic N) is 3. The van der Waals surface area contributed by atoms with Crippen molar-refractivity contribution in [3.63, 3.8) is 0 Å². The van der Waals surface area contributed by atoms with Gasteiger partial charge in [0.2, 0.25) is 5.91 Å². The number of fused-ring (bicyclic) bond motifs is 1. The van der Waals surface area contributed by atoms with Crippen LogP contribution in [0.2, 0.25) is 5.02 Å². The third kappa shape index (κ3) is 3.55. The average Bonchev–Trinajstić information content (AvgIpc) is 2.54. The van der Waals surface area contributed by atoms with Crippen LogP contribution in [-0.4, -0.2) is 35.0 Å². The van der Waals surface area contributed by atoms with E-state index < -0.39 is 0 Å².